The second kappa shape index (κ2) is 6.33. The standard InChI is InChI=1S/C12H21N3OS/c1-3-13-9-11-10(2)14-12(17-11)15-5-4-7-16-8-6-15/h13H,3-9H2,1-2H3. The number of aromatic nitrogens is 1. The van der Waals surface area contributed by atoms with E-state index in [1.54, 1.807) is 0 Å². The minimum absolute atomic E-state index is 0.821. The lowest BCUT2D eigenvalue weighted by molar-refractivity contribution is 0.152. The third-order valence-electron chi connectivity index (χ3n) is 2.91. The Morgan fingerprint density at radius 2 is 2.29 bits per heavy atom. The summed E-state index contributed by atoms with van der Waals surface area (Å²) in [6.07, 6.45) is 1.10. The molecule has 1 N–H and O–H groups in total. The molecule has 0 atom stereocenters. The number of rotatable bonds is 4. The molecule has 1 aromatic rings. The van der Waals surface area contributed by atoms with Gasteiger partial charge in [-0.1, -0.05) is 6.92 Å². The summed E-state index contributed by atoms with van der Waals surface area (Å²) in [7, 11) is 0. The third kappa shape index (κ3) is 3.40. The van der Waals surface area contributed by atoms with Crippen LogP contribution in [0.25, 0.3) is 0 Å². The summed E-state index contributed by atoms with van der Waals surface area (Å²) >= 11 is 1.81. The first-order valence-corrected chi connectivity index (χ1v) is 7.12. The molecule has 4 nitrogen and oxygen atoms in total. The lowest BCUT2D eigenvalue weighted by Crippen LogP contribution is -2.25. The van der Waals surface area contributed by atoms with Crippen molar-refractivity contribution in [1.82, 2.24) is 10.3 Å². The van der Waals surface area contributed by atoms with E-state index < -0.39 is 0 Å². The molecule has 0 saturated carbocycles. The molecular weight excluding hydrogens is 234 g/mol. The Balaban J connectivity index is 2.04. The van der Waals surface area contributed by atoms with Crippen LogP contribution >= 0.6 is 11.3 Å². The molecule has 2 rings (SSSR count). The van der Waals surface area contributed by atoms with E-state index in [2.05, 4.69) is 29.0 Å². The molecule has 0 aromatic carbocycles. The number of nitrogens with zero attached hydrogens (tertiary/aromatic N) is 2. The van der Waals surface area contributed by atoms with Gasteiger partial charge in [0.05, 0.1) is 12.3 Å². The summed E-state index contributed by atoms with van der Waals surface area (Å²) in [5.41, 5.74) is 1.16. The van der Waals surface area contributed by atoms with Gasteiger partial charge in [-0.25, -0.2) is 4.98 Å². The zero-order chi connectivity index (χ0) is 12.1. The van der Waals surface area contributed by atoms with Gasteiger partial charge in [-0.3, -0.25) is 0 Å². The van der Waals surface area contributed by atoms with Crippen LogP contribution < -0.4 is 10.2 Å². The summed E-state index contributed by atoms with van der Waals surface area (Å²) < 4.78 is 5.47. The minimum Gasteiger partial charge on any atom is -0.380 e. The summed E-state index contributed by atoms with van der Waals surface area (Å²) in [6, 6.07) is 0. The van der Waals surface area contributed by atoms with Crippen LogP contribution in [0.5, 0.6) is 0 Å². The zero-order valence-corrected chi connectivity index (χ0v) is 11.5. The van der Waals surface area contributed by atoms with Crippen molar-refractivity contribution in [3.8, 4) is 0 Å². The van der Waals surface area contributed by atoms with Crippen molar-refractivity contribution in [2.45, 2.75) is 26.8 Å². The quantitative estimate of drug-likeness (QED) is 0.890. The predicted octanol–water partition coefficient (Wildman–Crippen LogP) is 1.79. The zero-order valence-electron chi connectivity index (χ0n) is 10.7. The summed E-state index contributed by atoms with van der Waals surface area (Å²) in [5.74, 6) is 0. The molecule has 1 aromatic heterocycles. The van der Waals surface area contributed by atoms with E-state index in [1.807, 2.05) is 11.3 Å². The van der Waals surface area contributed by atoms with Crippen LogP contribution in [0.4, 0.5) is 5.13 Å². The van der Waals surface area contributed by atoms with Crippen LogP contribution in [0.1, 0.15) is 23.9 Å². The molecule has 96 valence electrons. The fourth-order valence-electron chi connectivity index (χ4n) is 1.89. The summed E-state index contributed by atoms with van der Waals surface area (Å²) in [6.45, 7) is 9.90. The van der Waals surface area contributed by atoms with Gasteiger partial charge < -0.3 is 15.0 Å². The number of aryl methyl sites for hydroxylation is 1. The van der Waals surface area contributed by atoms with Crippen molar-refractivity contribution in [2.75, 3.05) is 37.7 Å². The molecule has 17 heavy (non-hydrogen) atoms. The highest BCUT2D eigenvalue weighted by Gasteiger charge is 2.15. The topological polar surface area (TPSA) is 37.4 Å². The van der Waals surface area contributed by atoms with E-state index in [0.29, 0.717) is 0 Å². The van der Waals surface area contributed by atoms with Gasteiger partial charge in [0.2, 0.25) is 0 Å². The van der Waals surface area contributed by atoms with Crippen molar-refractivity contribution in [3.63, 3.8) is 0 Å². The summed E-state index contributed by atoms with van der Waals surface area (Å²) in [4.78, 5) is 8.38. The van der Waals surface area contributed by atoms with Gasteiger partial charge in [0.15, 0.2) is 5.13 Å². The van der Waals surface area contributed by atoms with Crippen LogP contribution in [0, 0.1) is 6.92 Å². The second-order valence-electron chi connectivity index (χ2n) is 4.24. The van der Waals surface area contributed by atoms with E-state index in [1.165, 1.54) is 4.88 Å². The Morgan fingerprint density at radius 1 is 1.41 bits per heavy atom. The number of anilines is 1. The molecule has 0 aliphatic carbocycles. The fourth-order valence-corrected chi connectivity index (χ4v) is 2.97. The number of ether oxygens (including phenoxy) is 1. The van der Waals surface area contributed by atoms with Crippen molar-refractivity contribution in [2.24, 2.45) is 0 Å². The molecule has 0 unspecified atom stereocenters. The molecule has 1 aliphatic heterocycles. The van der Waals surface area contributed by atoms with Gasteiger partial charge in [-0.05, 0) is 19.9 Å². The van der Waals surface area contributed by atoms with Crippen LogP contribution in [0.15, 0.2) is 0 Å². The third-order valence-corrected chi connectivity index (χ3v) is 4.13. The molecule has 1 fully saturated rings. The Kier molecular flexibility index (Phi) is 4.76. The van der Waals surface area contributed by atoms with Crippen LogP contribution in [-0.4, -0.2) is 37.8 Å². The van der Waals surface area contributed by atoms with E-state index >= 15 is 0 Å². The van der Waals surface area contributed by atoms with E-state index in [9.17, 15) is 0 Å². The first-order valence-electron chi connectivity index (χ1n) is 6.31. The lowest BCUT2D eigenvalue weighted by atomic mass is 10.4. The number of hydrogen-bond donors (Lipinski definition) is 1. The van der Waals surface area contributed by atoms with E-state index in [0.717, 1.165) is 56.6 Å². The maximum atomic E-state index is 5.47. The predicted molar refractivity (Wildman–Crippen MR) is 71.9 cm³/mol. The van der Waals surface area contributed by atoms with Gasteiger partial charge in [-0.15, -0.1) is 11.3 Å². The van der Waals surface area contributed by atoms with Crippen molar-refractivity contribution < 1.29 is 4.74 Å². The first-order chi connectivity index (χ1) is 8.31. The Hall–Kier alpha value is -0.650. The largest absolute Gasteiger partial charge is 0.380 e. The molecular formula is C12H21N3OS. The molecule has 1 saturated heterocycles. The van der Waals surface area contributed by atoms with Gasteiger partial charge in [0.1, 0.15) is 0 Å². The average Bonchev–Trinajstić information content (AvgIpc) is 2.57. The highest BCUT2D eigenvalue weighted by molar-refractivity contribution is 7.15. The SMILES string of the molecule is CCNCc1sc(N2CCCOCC2)nc1C. The van der Waals surface area contributed by atoms with Gasteiger partial charge >= 0.3 is 0 Å². The number of hydrogen-bond acceptors (Lipinski definition) is 5. The Bertz CT molecular complexity index is 346. The molecule has 0 spiro atoms. The monoisotopic (exact) mass is 255 g/mol. The van der Waals surface area contributed by atoms with Crippen molar-refractivity contribution in [1.29, 1.82) is 0 Å². The highest BCUT2D eigenvalue weighted by atomic mass is 32.1. The molecule has 0 amide bonds. The molecule has 5 heteroatoms. The first kappa shape index (κ1) is 12.8. The van der Waals surface area contributed by atoms with Crippen molar-refractivity contribution in [3.05, 3.63) is 10.6 Å². The minimum atomic E-state index is 0.821. The van der Waals surface area contributed by atoms with Crippen LogP contribution in [0.3, 0.4) is 0 Å². The second-order valence-corrected chi connectivity index (χ2v) is 5.30. The van der Waals surface area contributed by atoms with E-state index in [4.69, 9.17) is 4.74 Å². The molecule has 2 heterocycles. The molecule has 1 aliphatic rings. The maximum absolute atomic E-state index is 5.47. The lowest BCUT2D eigenvalue weighted by Gasteiger charge is -2.17. The highest BCUT2D eigenvalue weighted by Crippen LogP contribution is 2.26. The van der Waals surface area contributed by atoms with Crippen LogP contribution in [0.2, 0.25) is 0 Å². The number of thiazole rings is 1. The normalized spacial score (nSPS) is 17.2. The number of nitrogens with one attached hydrogen (secondary N) is 1. The molecule has 0 radical (unpaired) electrons. The van der Waals surface area contributed by atoms with Crippen LogP contribution in [-0.2, 0) is 11.3 Å². The van der Waals surface area contributed by atoms with Gasteiger partial charge in [0.25, 0.3) is 0 Å². The summed E-state index contributed by atoms with van der Waals surface area (Å²) in [5, 5.41) is 4.51. The fraction of sp³-hybridized carbons (Fsp3) is 0.750. The van der Waals surface area contributed by atoms with E-state index in [-0.39, 0.29) is 0 Å². The Morgan fingerprint density at radius 3 is 3.12 bits per heavy atom. The van der Waals surface area contributed by atoms with Crippen molar-refractivity contribution >= 4 is 16.5 Å². The van der Waals surface area contributed by atoms with Gasteiger partial charge in [0, 0.05) is 31.1 Å². The smallest absolute Gasteiger partial charge is 0.185 e. The average molecular weight is 255 g/mol. The van der Waals surface area contributed by atoms with Gasteiger partial charge in [-0.2, -0.15) is 0 Å². The molecule has 0 bridgehead atoms. The maximum Gasteiger partial charge on any atom is 0.185 e. The Labute approximate surface area is 107 Å².